The molecule has 0 aliphatic heterocycles. The summed E-state index contributed by atoms with van der Waals surface area (Å²) in [6.45, 7) is 8.89. The van der Waals surface area contributed by atoms with E-state index in [2.05, 4.69) is 52.1 Å². The van der Waals surface area contributed by atoms with Crippen LogP contribution in [-0.4, -0.2) is 12.0 Å². The normalized spacial score (nSPS) is 13.8. The number of thioether (sulfide) groups is 1. The van der Waals surface area contributed by atoms with Gasteiger partial charge in [0.25, 0.3) is 0 Å². The van der Waals surface area contributed by atoms with E-state index in [4.69, 9.17) is 5.73 Å². The zero-order chi connectivity index (χ0) is 13.1. The summed E-state index contributed by atoms with van der Waals surface area (Å²) >= 11 is 1.86. The molecule has 0 radical (unpaired) electrons. The van der Waals surface area contributed by atoms with Crippen LogP contribution in [0.4, 0.5) is 0 Å². The highest BCUT2D eigenvalue weighted by atomic mass is 32.2. The molecule has 0 aliphatic rings. The molecule has 0 aromatic heterocycles. The van der Waals surface area contributed by atoms with E-state index in [0.717, 1.165) is 12.2 Å². The second kappa shape index (κ2) is 5.92. The van der Waals surface area contributed by atoms with Crippen LogP contribution in [0.15, 0.2) is 18.2 Å². The number of aryl methyl sites for hydroxylation is 1. The molecule has 0 spiro atoms. The lowest BCUT2D eigenvalue weighted by atomic mass is 9.84. The largest absolute Gasteiger partial charge is 0.324 e. The zero-order valence-corrected chi connectivity index (χ0v) is 12.5. The lowest BCUT2D eigenvalue weighted by Gasteiger charge is -2.23. The highest BCUT2D eigenvalue weighted by Gasteiger charge is 2.16. The second-order valence-corrected chi connectivity index (χ2v) is 6.69. The Morgan fingerprint density at radius 2 is 1.94 bits per heavy atom. The van der Waals surface area contributed by atoms with Crippen LogP contribution in [-0.2, 0) is 5.41 Å². The standard InChI is InChI=1S/C15H25NS/c1-11-6-7-12(15(2,3)4)10-13(11)14(16)8-9-17-5/h6-7,10,14H,8-9,16H2,1-5H3. The van der Waals surface area contributed by atoms with E-state index < -0.39 is 0 Å². The van der Waals surface area contributed by atoms with Gasteiger partial charge in [0, 0.05) is 6.04 Å². The first-order valence-electron chi connectivity index (χ1n) is 6.22. The maximum atomic E-state index is 6.28. The molecule has 0 fully saturated rings. The third kappa shape index (κ3) is 4.04. The minimum atomic E-state index is 0.171. The van der Waals surface area contributed by atoms with Gasteiger partial charge in [0.2, 0.25) is 0 Å². The highest BCUT2D eigenvalue weighted by Crippen LogP contribution is 2.28. The second-order valence-electron chi connectivity index (χ2n) is 5.71. The molecule has 1 aromatic carbocycles. The van der Waals surface area contributed by atoms with Crippen molar-refractivity contribution >= 4 is 11.8 Å². The molecule has 1 rings (SSSR count). The number of hydrogen-bond donors (Lipinski definition) is 1. The Morgan fingerprint density at radius 3 is 2.47 bits per heavy atom. The lowest BCUT2D eigenvalue weighted by molar-refractivity contribution is 0.586. The van der Waals surface area contributed by atoms with E-state index in [-0.39, 0.29) is 11.5 Å². The molecule has 0 bridgehead atoms. The van der Waals surface area contributed by atoms with Gasteiger partial charge in [-0.3, -0.25) is 0 Å². The molecule has 1 nitrogen and oxygen atoms in total. The molecule has 96 valence electrons. The summed E-state index contributed by atoms with van der Waals surface area (Å²) in [5.41, 5.74) is 10.5. The molecular formula is C15H25NS. The summed E-state index contributed by atoms with van der Waals surface area (Å²) in [6.07, 6.45) is 3.18. The molecule has 1 atom stereocenters. The summed E-state index contributed by atoms with van der Waals surface area (Å²) in [6, 6.07) is 6.89. The maximum absolute atomic E-state index is 6.28. The average molecular weight is 251 g/mol. The quantitative estimate of drug-likeness (QED) is 0.874. The Hall–Kier alpha value is -0.470. The molecule has 0 amide bonds. The minimum absolute atomic E-state index is 0.171. The Kier molecular flexibility index (Phi) is 5.08. The van der Waals surface area contributed by atoms with Crippen molar-refractivity contribution in [2.75, 3.05) is 12.0 Å². The fourth-order valence-corrected chi connectivity index (χ4v) is 2.40. The van der Waals surface area contributed by atoms with Crippen molar-refractivity contribution in [1.82, 2.24) is 0 Å². The monoisotopic (exact) mass is 251 g/mol. The van der Waals surface area contributed by atoms with Gasteiger partial charge in [-0.2, -0.15) is 11.8 Å². The first kappa shape index (κ1) is 14.6. The van der Waals surface area contributed by atoms with Gasteiger partial charge in [-0.1, -0.05) is 39.0 Å². The van der Waals surface area contributed by atoms with Gasteiger partial charge in [0.15, 0.2) is 0 Å². The van der Waals surface area contributed by atoms with Gasteiger partial charge in [-0.05, 0) is 47.5 Å². The van der Waals surface area contributed by atoms with Crippen molar-refractivity contribution in [2.24, 2.45) is 5.73 Å². The van der Waals surface area contributed by atoms with Crippen LogP contribution >= 0.6 is 11.8 Å². The van der Waals surface area contributed by atoms with E-state index in [1.165, 1.54) is 16.7 Å². The Balaban J connectivity index is 2.98. The van der Waals surface area contributed by atoms with Crippen LogP contribution in [0.1, 0.15) is 49.9 Å². The van der Waals surface area contributed by atoms with E-state index in [0.29, 0.717) is 0 Å². The number of nitrogens with two attached hydrogens (primary N) is 1. The van der Waals surface area contributed by atoms with Gasteiger partial charge in [-0.15, -0.1) is 0 Å². The Morgan fingerprint density at radius 1 is 1.29 bits per heavy atom. The predicted octanol–water partition coefficient (Wildman–Crippen LogP) is 4.05. The summed E-state index contributed by atoms with van der Waals surface area (Å²) in [7, 11) is 0. The molecule has 2 heteroatoms. The van der Waals surface area contributed by atoms with E-state index in [1.54, 1.807) is 0 Å². The molecular weight excluding hydrogens is 226 g/mol. The number of benzene rings is 1. The smallest absolute Gasteiger partial charge is 0.0305 e. The van der Waals surface area contributed by atoms with Crippen LogP contribution in [0, 0.1) is 6.92 Å². The lowest BCUT2D eigenvalue weighted by Crippen LogP contribution is -2.16. The molecule has 2 N–H and O–H groups in total. The van der Waals surface area contributed by atoms with Gasteiger partial charge < -0.3 is 5.73 Å². The SMILES string of the molecule is CSCCC(N)c1cc(C(C)(C)C)ccc1C. The van der Waals surface area contributed by atoms with Gasteiger partial charge >= 0.3 is 0 Å². The Labute approximate surface area is 110 Å². The van der Waals surface area contributed by atoms with Crippen LogP contribution in [0.5, 0.6) is 0 Å². The van der Waals surface area contributed by atoms with Crippen molar-refractivity contribution in [3.63, 3.8) is 0 Å². The van der Waals surface area contributed by atoms with Crippen molar-refractivity contribution in [3.05, 3.63) is 34.9 Å². The molecule has 0 heterocycles. The van der Waals surface area contributed by atoms with Gasteiger partial charge in [0.1, 0.15) is 0 Å². The number of hydrogen-bond acceptors (Lipinski definition) is 2. The predicted molar refractivity (Wildman–Crippen MR) is 79.8 cm³/mol. The highest BCUT2D eigenvalue weighted by molar-refractivity contribution is 7.98. The first-order chi connectivity index (χ1) is 7.86. The van der Waals surface area contributed by atoms with Crippen LogP contribution in [0.25, 0.3) is 0 Å². The fourth-order valence-electron chi connectivity index (χ4n) is 1.91. The van der Waals surface area contributed by atoms with Crippen LogP contribution < -0.4 is 5.73 Å². The van der Waals surface area contributed by atoms with E-state index in [1.807, 2.05) is 11.8 Å². The van der Waals surface area contributed by atoms with Gasteiger partial charge in [0.05, 0.1) is 0 Å². The van der Waals surface area contributed by atoms with Crippen LogP contribution in [0.2, 0.25) is 0 Å². The fraction of sp³-hybridized carbons (Fsp3) is 0.600. The topological polar surface area (TPSA) is 26.0 Å². The maximum Gasteiger partial charge on any atom is 0.0305 e. The van der Waals surface area contributed by atoms with E-state index >= 15 is 0 Å². The van der Waals surface area contributed by atoms with Crippen LogP contribution in [0.3, 0.4) is 0 Å². The molecule has 0 saturated carbocycles. The third-order valence-electron chi connectivity index (χ3n) is 3.18. The summed E-state index contributed by atoms with van der Waals surface area (Å²) in [4.78, 5) is 0. The molecule has 1 aromatic rings. The van der Waals surface area contributed by atoms with Gasteiger partial charge in [-0.25, -0.2) is 0 Å². The van der Waals surface area contributed by atoms with Crippen molar-refractivity contribution in [3.8, 4) is 0 Å². The zero-order valence-electron chi connectivity index (χ0n) is 11.7. The summed E-state index contributed by atoms with van der Waals surface area (Å²) in [5.74, 6) is 1.13. The Bertz CT molecular complexity index is 366. The minimum Gasteiger partial charge on any atom is -0.324 e. The van der Waals surface area contributed by atoms with Crippen molar-refractivity contribution < 1.29 is 0 Å². The molecule has 1 unspecified atom stereocenters. The first-order valence-corrected chi connectivity index (χ1v) is 7.61. The summed E-state index contributed by atoms with van der Waals surface area (Å²) in [5, 5.41) is 0. The number of rotatable bonds is 4. The molecule has 0 aliphatic carbocycles. The summed E-state index contributed by atoms with van der Waals surface area (Å²) < 4.78 is 0. The molecule has 0 saturated heterocycles. The third-order valence-corrected chi connectivity index (χ3v) is 3.82. The van der Waals surface area contributed by atoms with Crippen molar-refractivity contribution in [1.29, 1.82) is 0 Å². The van der Waals surface area contributed by atoms with E-state index in [9.17, 15) is 0 Å². The van der Waals surface area contributed by atoms with Crippen molar-refractivity contribution in [2.45, 2.75) is 45.6 Å². The molecule has 17 heavy (non-hydrogen) atoms. The average Bonchev–Trinajstić information content (AvgIpc) is 2.24.